The summed E-state index contributed by atoms with van der Waals surface area (Å²) in [4.78, 5) is 49.8. The van der Waals surface area contributed by atoms with Crippen molar-refractivity contribution in [3.8, 4) is 0 Å². The van der Waals surface area contributed by atoms with Crippen LogP contribution in [-0.2, 0) is 25.6 Å². The van der Waals surface area contributed by atoms with E-state index in [1.165, 1.54) is 6.92 Å². The number of aliphatic hydroxyl groups is 1. The molecule has 0 aliphatic heterocycles. The van der Waals surface area contributed by atoms with E-state index >= 15 is 0 Å². The van der Waals surface area contributed by atoms with Crippen LogP contribution in [0.15, 0.2) is 30.5 Å². The van der Waals surface area contributed by atoms with E-state index in [0.29, 0.717) is 0 Å². The summed E-state index contributed by atoms with van der Waals surface area (Å²) in [6.45, 7) is 0.147. The van der Waals surface area contributed by atoms with Crippen LogP contribution in [0.25, 0.3) is 10.9 Å². The van der Waals surface area contributed by atoms with Crippen LogP contribution in [0.4, 0.5) is 0 Å². The molecule has 0 fully saturated rings. The fourth-order valence-electron chi connectivity index (χ4n) is 2.83. The minimum atomic E-state index is -1.37. The Morgan fingerprint density at radius 3 is 2.43 bits per heavy atom. The molecule has 30 heavy (non-hydrogen) atoms. The third kappa shape index (κ3) is 6.29. The van der Waals surface area contributed by atoms with Crippen LogP contribution in [-0.4, -0.2) is 70.2 Å². The van der Waals surface area contributed by atoms with Crippen molar-refractivity contribution < 1.29 is 29.4 Å². The summed E-state index contributed by atoms with van der Waals surface area (Å²) >= 11 is 0. The Kier molecular flexibility index (Phi) is 7.90. The highest BCUT2D eigenvalue weighted by molar-refractivity contribution is 5.92. The number of fused-ring (bicyclic) bond motifs is 1. The van der Waals surface area contributed by atoms with Crippen molar-refractivity contribution >= 4 is 34.6 Å². The van der Waals surface area contributed by atoms with E-state index < -0.39 is 55.0 Å². The number of aliphatic carboxylic acids is 1. The molecule has 1 aromatic carbocycles. The average molecular weight is 419 g/mol. The molecule has 0 saturated heterocycles. The third-order valence-corrected chi connectivity index (χ3v) is 4.37. The quantitative estimate of drug-likeness (QED) is 0.237. The van der Waals surface area contributed by atoms with Crippen molar-refractivity contribution in [1.82, 2.24) is 20.9 Å². The second kappa shape index (κ2) is 10.4. The molecule has 2 rings (SSSR count). The topological polar surface area (TPSA) is 187 Å². The van der Waals surface area contributed by atoms with E-state index in [0.717, 1.165) is 16.5 Å². The van der Waals surface area contributed by atoms with Crippen molar-refractivity contribution in [3.63, 3.8) is 0 Å². The number of nitrogens with one attached hydrogen (secondary N) is 4. The summed E-state index contributed by atoms with van der Waals surface area (Å²) in [6, 6.07) is 5.30. The molecular formula is C19H25N5O6. The normalized spacial score (nSPS) is 13.8. The number of hydrogen-bond donors (Lipinski definition) is 7. The molecule has 3 unspecified atom stereocenters. The number of nitrogens with two attached hydrogens (primary N) is 1. The van der Waals surface area contributed by atoms with Crippen LogP contribution in [0.1, 0.15) is 12.5 Å². The summed E-state index contributed by atoms with van der Waals surface area (Å²) in [5.41, 5.74) is 7.72. The molecule has 3 amide bonds. The van der Waals surface area contributed by atoms with Crippen molar-refractivity contribution in [3.05, 3.63) is 36.0 Å². The van der Waals surface area contributed by atoms with E-state index in [2.05, 4.69) is 20.9 Å². The number of benzene rings is 1. The third-order valence-electron chi connectivity index (χ3n) is 4.37. The lowest BCUT2D eigenvalue weighted by atomic mass is 10.1. The Morgan fingerprint density at radius 1 is 1.10 bits per heavy atom. The highest BCUT2D eigenvalue weighted by Gasteiger charge is 2.26. The Morgan fingerprint density at radius 2 is 1.77 bits per heavy atom. The van der Waals surface area contributed by atoms with Gasteiger partial charge < -0.3 is 36.9 Å². The van der Waals surface area contributed by atoms with Crippen molar-refractivity contribution in [1.29, 1.82) is 0 Å². The van der Waals surface area contributed by atoms with E-state index in [4.69, 9.17) is 10.8 Å². The fraction of sp³-hybridized carbons (Fsp3) is 0.368. The Bertz CT molecular complexity index is 925. The van der Waals surface area contributed by atoms with Gasteiger partial charge in [0.05, 0.1) is 18.7 Å². The van der Waals surface area contributed by atoms with Gasteiger partial charge in [-0.05, 0) is 25.0 Å². The van der Waals surface area contributed by atoms with Gasteiger partial charge in [0.25, 0.3) is 0 Å². The number of carboxylic acid groups (broad SMARTS) is 1. The van der Waals surface area contributed by atoms with Crippen LogP contribution < -0.4 is 21.7 Å². The molecule has 3 atom stereocenters. The zero-order chi connectivity index (χ0) is 22.3. The predicted molar refractivity (Wildman–Crippen MR) is 107 cm³/mol. The molecule has 8 N–H and O–H groups in total. The monoisotopic (exact) mass is 419 g/mol. The largest absolute Gasteiger partial charge is 0.480 e. The molecule has 11 nitrogen and oxygen atoms in total. The summed E-state index contributed by atoms with van der Waals surface area (Å²) < 4.78 is 0. The van der Waals surface area contributed by atoms with Gasteiger partial charge in [0.1, 0.15) is 12.6 Å². The van der Waals surface area contributed by atoms with Crippen LogP contribution in [0.3, 0.4) is 0 Å². The predicted octanol–water partition coefficient (Wildman–Crippen LogP) is -1.78. The zero-order valence-electron chi connectivity index (χ0n) is 16.3. The van der Waals surface area contributed by atoms with Gasteiger partial charge in [0.2, 0.25) is 17.7 Å². The molecule has 0 spiro atoms. The molecule has 0 bridgehead atoms. The van der Waals surface area contributed by atoms with Crippen LogP contribution in [0, 0.1) is 0 Å². The van der Waals surface area contributed by atoms with Crippen LogP contribution >= 0.6 is 0 Å². The second-order valence-electron chi connectivity index (χ2n) is 6.79. The molecule has 0 radical (unpaired) electrons. The van der Waals surface area contributed by atoms with E-state index in [-0.39, 0.29) is 6.42 Å². The van der Waals surface area contributed by atoms with Gasteiger partial charge in [0.15, 0.2) is 0 Å². The number of aromatic nitrogens is 1. The zero-order valence-corrected chi connectivity index (χ0v) is 16.3. The highest BCUT2D eigenvalue weighted by Crippen LogP contribution is 2.18. The fourth-order valence-corrected chi connectivity index (χ4v) is 2.83. The lowest BCUT2D eigenvalue weighted by molar-refractivity contribution is -0.139. The van der Waals surface area contributed by atoms with Gasteiger partial charge in [-0.15, -0.1) is 0 Å². The van der Waals surface area contributed by atoms with Gasteiger partial charge in [0, 0.05) is 17.1 Å². The standard InChI is InChI=1S/C19H25N5O6/c1-10(25)17(19(30)23-9-16(27)28)24-15(26)8-22-18(29)13(20)6-11-7-21-14-5-3-2-4-12(11)14/h2-5,7,10,13,17,21,25H,6,8-9,20H2,1H3,(H,22,29)(H,23,30)(H,24,26)(H,27,28). The number of aliphatic hydroxyl groups excluding tert-OH is 1. The number of H-pyrrole nitrogens is 1. The summed E-state index contributed by atoms with van der Waals surface area (Å²) in [5, 5.41) is 25.9. The molecule has 1 aromatic heterocycles. The average Bonchev–Trinajstić information content (AvgIpc) is 3.11. The van der Waals surface area contributed by atoms with Gasteiger partial charge in [-0.25, -0.2) is 0 Å². The number of hydrogen-bond acceptors (Lipinski definition) is 6. The molecule has 0 saturated carbocycles. The Labute approximate surface area is 172 Å². The van der Waals surface area contributed by atoms with E-state index in [9.17, 15) is 24.3 Å². The smallest absolute Gasteiger partial charge is 0.322 e. The lowest BCUT2D eigenvalue weighted by Crippen LogP contribution is -2.55. The first kappa shape index (κ1) is 22.8. The number of carbonyl (C=O) groups is 4. The SMILES string of the molecule is CC(O)C(NC(=O)CNC(=O)C(N)Cc1c[nH]c2ccccc12)C(=O)NCC(=O)O. The summed E-state index contributed by atoms with van der Waals surface area (Å²) in [5.74, 6) is -3.42. The second-order valence-corrected chi connectivity index (χ2v) is 6.79. The maximum Gasteiger partial charge on any atom is 0.322 e. The van der Waals surface area contributed by atoms with Crippen LogP contribution in [0.5, 0.6) is 0 Å². The van der Waals surface area contributed by atoms with Gasteiger partial charge in [-0.1, -0.05) is 18.2 Å². The Hall–Kier alpha value is -3.44. The van der Waals surface area contributed by atoms with Crippen molar-refractivity contribution in [2.45, 2.75) is 31.5 Å². The first-order valence-electron chi connectivity index (χ1n) is 9.24. The molecular weight excluding hydrogens is 394 g/mol. The molecule has 1 heterocycles. The van der Waals surface area contributed by atoms with Crippen LogP contribution in [0.2, 0.25) is 0 Å². The number of carboxylic acids is 1. The van der Waals surface area contributed by atoms with Crippen molar-refractivity contribution in [2.24, 2.45) is 5.73 Å². The maximum absolute atomic E-state index is 12.2. The first-order chi connectivity index (χ1) is 14.2. The van der Waals surface area contributed by atoms with Gasteiger partial charge >= 0.3 is 5.97 Å². The summed E-state index contributed by atoms with van der Waals surface area (Å²) in [6.07, 6.45) is 0.751. The molecule has 11 heteroatoms. The summed E-state index contributed by atoms with van der Waals surface area (Å²) in [7, 11) is 0. The first-order valence-corrected chi connectivity index (χ1v) is 9.24. The molecule has 2 aromatic rings. The van der Waals surface area contributed by atoms with E-state index in [1.807, 2.05) is 24.3 Å². The number of aromatic amines is 1. The molecule has 162 valence electrons. The number of rotatable bonds is 10. The number of amides is 3. The number of carbonyl (C=O) groups excluding carboxylic acids is 3. The Balaban J connectivity index is 1.85. The minimum absolute atomic E-state index is 0.255. The van der Waals surface area contributed by atoms with E-state index in [1.54, 1.807) is 6.20 Å². The minimum Gasteiger partial charge on any atom is -0.480 e. The molecule has 0 aliphatic rings. The van der Waals surface area contributed by atoms with Gasteiger partial charge in [-0.2, -0.15) is 0 Å². The number of para-hydroxylation sites is 1. The van der Waals surface area contributed by atoms with Gasteiger partial charge in [-0.3, -0.25) is 19.2 Å². The lowest BCUT2D eigenvalue weighted by Gasteiger charge is -2.20. The maximum atomic E-state index is 12.2. The molecule has 0 aliphatic carbocycles. The highest BCUT2D eigenvalue weighted by atomic mass is 16.4. The van der Waals surface area contributed by atoms with Crippen molar-refractivity contribution in [2.75, 3.05) is 13.1 Å².